The Morgan fingerprint density at radius 3 is 1.40 bits per heavy atom. The fraction of sp³-hybridized carbons (Fsp3) is 0.571. The van der Waals surface area contributed by atoms with Crippen molar-refractivity contribution < 1.29 is 109 Å². The zero-order valence-electron chi connectivity index (χ0n) is 18.8. The van der Waals surface area contributed by atoms with Gasteiger partial charge < -0.3 is 0 Å². The summed E-state index contributed by atoms with van der Waals surface area (Å²) in [5.41, 5.74) is 0. The first-order chi connectivity index (χ1) is 18.4. The van der Waals surface area contributed by atoms with E-state index in [4.69, 9.17) is 4.55 Å². The molecule has 1 aromatic carbocycles. The normalized spacial score (nSPS) is 17.1. The van der Waals surface area contributed by atoms with Gasteiger partial charge in [0.25, 0.3) is 30.2 Å². The number of sulfonamides is 2. The van der Waals surface area contributed by atoms with Gasteiger partial charge in [-0.15, -0.1) is 0 Å². The van der Waals surface area contributed by atoms with Crippen LogP contribution in [-0.4, -0.2) is 77.1 Å². The average Bonchev–Trinajstić information content (AvgIpc) is 2.75. The van der Waals surface area contributed by atoms with Crippen molar-refractivity contribution in [2.75, 3.05) is 0 Å². The Bertz CT molecular complexity index is 1550. The third-order valence-corrected chi connectivity index (χ3v) is 8.90. The summed E-state index contributed by atoms with van der Waals surface area (Å²) in [7, 11) is -20.0. The highest BCUT2D eigenvalue weighted by atomic mass is 32.3. The van der Waals surface area contributed by atoms with Crippen LogP contribution in [0.3, 0.4) is 0 Å². The molecule has 43 heavy (non-hydrogen) atoms. The standard InChI is InChI=1S/C14H6F17NO8S3/c15-7(16,13(28,29)40-10(21,12(25,26)27)9(19,20)11(22,23)24)8(17,18)14(30,31)43(38,39)32-41(33,34)5-2-1-3-6(4-5)42(35,36)37/h1-4,32H,(H,35,36,37). The van der Waals surface area contributed by atoms with Crippen molar-refractivity contribution in [3.8, 4) is 0 Å². The van der Waals surface area contributed by atoms with E-state index in [1.165, 1.54) is 0 Å². The Morgan fingerprint density at radius 2 is 1.02 bits per heavy atom. The van der Waals surface area contributed by atoms with Crippen molar-refractivity contribution in [3.63, 3.8) is 0 Å². The molecule has 1 rings (SSSR count). The molecule has 0 fully saturated rings. The molecule has 0 aliphatic heterocycles. The van der Waals surface area contributed by atoms with Crippen LogP contribution in [0.1, 0.15) is 0 Å². The molecule has 1 atom stereocenters. The van der Waals surface area contributed by atoms with Gasteiger partial charge in [0.05, 0.1) is 9.79 Å². The molecule has 29 heteroatoms. The Morgan fingerprint density at radius 1 is 0.605 bits per heavy atom. The van der Waals surface area contributed by atoms with Crippen molar-refractivity contribution in [1.29, 1.82) is 0 Å². The molecule has 252 valence electrons. The maximum absolute atomic E-state index is 14.1. The van der Waals surface area contributed by atoms with E-state index in [9.17, 15) is 99.9 Å². The summed E-state index contributed by atoms with van der Waals surface area (Å²) < 4.78 is 304. The molecule has 0 amide bonds. The number of hydrogen-bond donors (Lipinski definition) is 2. The third-order valence-electron chi connectivity index (χ3n) is 4.49. The lowest BCUT2D eigenvalue weighted by Gasteiger charge is -2.41. The third kappa shape index (κ3) is 6.31. The van der Waals surface area contributed by atoms with Crippen molar-refractivity contribution in [2.24, 2.45) is 0 Å². The molecular formula is C14H6F17NO8S3. The molecule has 0 saturated heterocycles. The van der Waals surface area contributed by atoms with Crippen molar-refractivity contribution in [1.82, 2.24) is 4.13 Å². The predicted molar refractivity (Wildman–Crippen MR) is 97.3 cm³/mol. The SMILES string of the molecule is O=S(=O)(O)c1cccc(S(=O)(=O)NS(=O)(=O)C(F)(F)C(F)(F)C(F)(F)C(F)(F)OC(F)(C(F)(F)F)C(F)(F)C(F)(F)F)c1. The Labute approximate surface area is 225 Å². The molecule has 0 bridgehead atoms. The number of ether oxygens (including phenoxy) is 1. The van der Waals surface area contributed by atoms with Crippen LogP contribution < -0.4 is 4.13 Å². The Kier molecular flexibility index (Phi) is 9.39. The van der Waals surface area contributed by atoms with Gasteiger partial charge in [0.15, 0.2) is 0 Å². The second kappa shape index (κ2) is 10.4. The van der Waals surface area contributed by atoms with Crippen LogP contribution in [0.4, 0.5) is 74.6 Å². The van der Waals surface area contributed by atoms with Crippen LogP contribution in [0, 0.1) is 0 Å². The summed E-state index contributed by atoms with van der Waals surface area (Å²) in [4.78, 5) is -3.39. The topological polar surface area (TPSA) is 144 Å². The molecule has 9 nitrogen and oxygen atoms in total. The van der Waals surface area contributed by atoms with Gasteiger partial charge in [-0.1, -0.05) is 10.2 Å². The van der Waals surface area contributed by atoms with Crippen LogP contribution in [0.5, 0.6) is 0 Å². The highest BCUT2D eigenvalue weighted by molar-refractivity contribution is 8.05. The van der Waals surface area contributed by atoms with Crippen LogP contribution in [0.25, 0.3) is 0 Å². The molecule has 0 aliphatic rings. The first-order valence-corrected chi connectivity index (χ1v) is 13.6. The van der Waals surface area contributed by atoms with Crippen molar-refractivity contribution in [2.45, 2.75) is 57.1 Å². The molecule has 0 aromatic heterocycles. The number of nitrogens with one attached hydrogen (secondary N) is 1. The van der Waals surface area contributed by atoms with Crippen LogP contribution in [0.15, 0.2) is 34.1 Å². The second-order valence-corrected chi connectivity index (χ2v) is 12.6. The van der Waals surface area contributed by atoms with Gasteiger partial charge in [-0.05, 0) is 18.2 Å². The van der Waals surface area contributed by atoms with E-state index < -0.39 is 91.4 Å². The number of benzene rings is 1. The van der Waals surface area contributed by atoms with E-state index in [1.807, 2.05) is 0 Å². The van der Waals surface area contributed by atoms with Gasteiger partial charge >= 0.3 is 47.3 Å². The van der Waals surface area contributed by atoms with Crippen molar-refractivity contribution in [3.05, 3.63) is 24.3 Å². The summed E-state index contributed by atoms with van der Waals surface area (Å²) in [6.45, 7) is 0. The number of hydrogen-bond acceptors (Lipinski definition) is 7. The molecule has 0 spiro atoms. The largest absolute Gasteiger partial charge is 0.459 e. The fourth-order valence-electron chi connectivity index (χ4n) is 2.30. The number of alkyl halides is 17. The Balaban J connectivity index is 3.74. The first kappa shape index (κ1) is 38.8. The quantitative estimate of drug-likeness (QED) is 0.251. The van der Waals surface area contributed by atoms with E-state index in [2.05, 4.69) is 0 Å². The molecule has 0 heterocycles. The minimum atomic E-state index is -8.74. The molecule has 0 aliphatic carbocycles. The van der Waals surface area contributed by atoms with Gasteiger partial charge in [0.2, 0.25) is 0 Å². The zero-order chi connectivity index (χ0) is 34.9. The minimum absolute atomic E-state index is 0.0399. The maximum atomic E-state index is 14.1. The summed E-state index contributed by atoms with van der Waals surface area (Å²) in [6, 6.07) is 0.336. The van der Waals surface area contributed by atoms with E-state index in [-0.39, 0.29) is 18.2 Å². The first-order valence-electron chi connectivity index (χ1n) is 9.15. The average molecular weight is 735 g/mol. The second-order valence-electron chi connectivity index (χ2n) is 7.49. The fourth-order valence-corrected chi connectivity index (χ4v) is 5.87. The lowest BCUT2D eigenvalue weighted by molar-refractivity contribution is -0.524. The minimum Gasteiger partial charge on any atom is -0.282 e. The molecule has 1 aromatic rings. The summed E-state index contributed by atoms with van der Waals surface area (Å²) in [6.07, 6.45) is -24.8. The van der Waals surface area contributed by atoms with Gasteiger partial charge in [0.1, 0.15) is 0 Å². The van der Waals surface area contributed by atoms with Gasteiger partial charge in [-0.25, -0.2) is 16.8 Å². The zero-order valence-corrected chi connectivity index (χ0v) is 21.2. The molecular weight excluding hydrogens is 729 g/mol. The van der Waals surface area contributed by atoms with Crippen LogP contribution >= 0.6 is 0 Å². The highest BCUT2D eigenvalue weighted by Crippen LogP contribution is 2.60. The van der Waals surface area contributed by atoms with Gasteiger partial charge in [-0.2, -0.15) is 83.1 Å². The van der Waals surface area contributed by atoms with Crippen LogP contribution in [0.2, 0.25) is 0 Å². The van der Waals surface area contributed by atoms with Crippen LogP contribution in [-0.2, 0) is 34.9 Å². The summed E-state index contributed by atoms with van der Waals surface area (Å²) in [5.74, 6) is -34.2. The summed E-state index contributed by atoms with van der Waals surface area (Å²) >= 11 is 0. The highest BCUT2D eigenvalue weighted by Gasteiger charge is 2.90. The lowest BCUT2D eigenvalue weighted by atomic mass is 10.1. The van der Waals surface area contributed by atoms with Crippen molar-refractivity contribution >= 4 is 30.2 Å². The molecule has 2 N–H and O–H groups in total. The van der Waals surface area contributed by atoms with Gasteiger partial charge in [-0.3, -0.25) is 9.29 Å². The van der Waals surface area contributed by atoms with Gasteiger partial charge in [0, 0.05) is 0 Å². The molecule has 0 radical (unpaired) electrons. The van der Waals surface area contributed by atoms with E-state index in [0.717, 1.165) is 4.74 Å². The summed E-state index contributed by atoms with van der Waals surface area (Å²) in [5, 5.41) is -8.08. The van der Waals surface area contributed by atoms with E-state index in [0.29, 0.717) is 6.07 Å². The maximum Gasteiger partial charge on any atom is 0.459 e. The van der Waals surface area contributed by atoms with E-state index >= 15 is 0 Å². The molecule has 1 unspecified atom stereocenters. The van der Waals surface area contributed by atoms with E-state index in [1.54, 1.807) is 0 Å². The Hall–Kier alpha value is -2.24. The molecule has 0 saturated carbocycles. The number of rotatable bonds is 11. The monoisotopic (exact) mass is 735 g/mol. The number of halogens is 17. The predicted octanol–water partition coefficient (Wildman–Crippen LogP) is 4.44. The smallest absolute Gasteiger partial charge is 0.282 e. The lowest BCUT2D eigenvalue weighted by Crippen LogP contribution is -2.71.